The van der Waals surface area contributed by atoms with Crippen LogP contribution in [0, 0.1) is 0 Å². The minimum absolute atomic E-state index is 0.110. The van der Waals surface area contributed by atoms with Crippen molar-refractivity contribution >= 4 is 11.9 Å². The van der Waals surface area contributed by atoms with E-state index < -0.39 is 0 Å². The van der Waals surface area contributed by atoms with E-state index in [-0.39, 0.29) is 18.0 Å². The summed E-state index contributed by atoms with van der Waals surface area (Å²) in [6.07, 6.45) is 0.370. The van der Waals surface area contributed by atoms with Crippen molar-refractivity contribution in [1.29, 1.82) is 0 Å². The van der Waals surface area contributed by atoms with E-state index in [0.717, 1.165) is 26.2 Å². The molecule has 0 atom stereocenters. The first kappa shape index (κ1) is 14.8. The second kappa shape index (κ2) is 7.20. The molecule has 6 heteroatoms. The van der Waals surface area contributed by atoms with E-state index in [1.165, 1.54) is 0 Å². The second-order valence-electron chi connectivity index (χ2n) is 4.99. The average Bonchev–Trinajstić information content (AvgIpc) is 2.28. The topological polar surface area (TPSA) is 64.7 Å². The number of hydrogen-bond donors (Lipinski definition) is 2. The van der Waals surface area contributed by atoms with Crippen molar-refractivity contribution in [3.63, 3.8) is 0 Å². The zero-order chi connectivity index (χ0) is 13.5. The molecule has 0 aromatic carbocycles. The standard InChI is InChI=1S/C12H24N4O2/c1-10(2)14-12(18)13-5-4-11(17)16-8-6-15(3)7-9-16/h10H,4-9H2,1-3H3,(H2,13,14,18). The first-order valence-electron chi connectivity index (χ1n) is 6.49. The molecule has 1 saturated heterocycles. The SMILES string of the molecule is CC(C)NC(=O)NCCC(=O)N1CCN(C)CC1. The van der Waals surface area contributed by atoms with Gasteiger partial charge in [0.1, 0.15) is 0 Å². The monoisotopic (exact) mass is 256 g/mol. The molecule has 1 aliphatic heterocycles. The van der Waals surface area contributed by atoms with Gasteiger partial charge in [0.05, 0.1) is 0 Å². The van der Waals surface area contributed by atoms with Gasteiger partial charge in [0.15, 0.2) is 0 Å². The van der Waals surface area contributed by atoms with Gasteiger partial charge < -0.3 is 20.4 Å². The maximum absolute atomic E-state index is 11.8. The van der Waals surface area contributed by atoms with Crippen molar-refractivity contribution in [3.05, 3.63) is 0 Å². The fourth-order valence-electron chi connectivity index (χ4n) is 1.81. The van der Waals surface area contributed by atoms with Gasteiger partial charge >= 0.3 is 6.03 Å². The normalized spacial score (nSPS) is 16.8. The average molecular weight is 256 g/mol. The maximum atomic E-state index is 11.8. The van der Waals surface area contributed by atoms with Gasteiger partial charge in [-0.05, 0) is 20.9 Å². The van der Waals surface area contributed by atoms with Crippen LogP contribution < -0.4 is 10.6 Å². The van der Waals surface area contributed by atoms with Crippen LogP contribution in [0.2, 0.25) is 0 Å². The summed E-state index contributed by atoms with van der Waals surface area (Å²) >= 11 is 0. The molecule has 0 bridgehead atoms. The zero-order valence-electron chi connectivity index (χ0n) is 11.5. The number of piperazine rings is 1. The van der Waals surface area contributed by atoms with E-state index in [1.54, 1.807) is 0 Å². The summed E-state index contributed by atoms with van der Waals surface area (Å²) < 4.78 is 0. The molecule has 1 rings (SSSR count). The molecule has 18 heavy (non-hydrogen) atoms. The predicted molar refractivity (Wildman–Crippen MR) is 70.4 cm³/mol. The van der Waals surface area contributed by atoms with E-state index >= 15 is 0 Å². The molecule has 0 spiro atoms. The third-order valence-corrected chi connectivity index (χ3v) is 2.90. The summed E-state index contributed by atoms with van der Waals surface area (Å²) in [7, 11) is 2.06. The molecule has 0 aromatic rings. The third-order valence-electron chi connectivity index (χ3n) is 2.90. The van der Waals surface area contributed by atoms with Crippen LogP contribution in [0.3, 0.4) is 0 Å². The molecule has 6 nitrogen and oxygen atoms in total. The molecule has 1 aliphatic rings. The predicted octanol–water partition coefficient (Wildman–Crippen LogP) is -0.142. The number of likely N-dealkylation sites (N-methyl/N-ethyl adjacent to an activating group) is 1. The van der Waals surface area contributed by atoms with Crippen molar-refractivity contribution in [2.75, 3.05) is 39.8 Å². The Labute approximate surface area is 109 Å². The van der Waals surface area contributed by atoms with Crippen molar-refractivity contribution in [3.8, 4) is 0 Å². The van der Waals surface area contributed by atoms with Crippen LogP contribution >= 0.6 is 0 Å². The van der Waals surface area contributed by atoms with Crippen LogP contribution in [0.15, 0.2) is 0 Å². The zero-order valence-corrected chi connectivity index (χ0v) is 11.5. The molecule has 104 valence electrons. The van der Waals surface area contributed by atoms with Crippen molar-refractivity contribution in [2.24, 2.45) is 0 Å². The molecule has 2 N–H and O–H groups in total. The van der Waals surface area contributed by atoms with Crippen LogP contribution in [-0.4, -0.2) is 67.6 Å². The highest BCUT2D eigenvalue weighted by Gasteiger charge is 2.18. The quantitative estimate of drug-likeness (QED) is 0.736. The van der Waals surface area contributed by atoms with Gasteiger partial charge in [0.25, 0.3) is 0 Å². The van der Waals surface area contributed by atoms with Gasteiger partial charge in [-0.1, -0.05) is 0 Å². The highest BCUT2D eigenvalue weighted by molar-refractivity contribution is 5.78. The minimum atomic E-state index is -0.212. The number of amides is 3. The summed E-state index contributed by atoms with van der Waals surface area (Å²) in [5.41, 5.74) is 0. The Balaban J connectivity index is 2.15. The Morgan fingerprint density at radius 2 is 1.78 bits per heavy atom. The van der Waals surface area contributed by atoms with Gasteiger partial charge in [-0.15, -0.1) is 0 Å². The second-order valence-corrected chi connectivity index (χ2v) is 4.99. The van der Waals surface area contributed by atoms with E-state index in [4.69, 9.17) is 0 Å². The number of urea groups is 1. The van der Waals surface area contributed by atoms with Crippen LogP contribution in [-0.2, 0) is 4.79 Å². The lowest BCUT2D eigenvalue weighted by Gasteiger charge is -2.32. The van der Waals surface area contributed by atoms with Gasteiger partial charge in [-0.3, -0.25) is 4.79 Å². The maximum Gasteiger partial charge on any atom is 0.315 e. The molecule has 0 aromatic heterocycles. The molecule has 3 amide bonds. The Kier molecular flexibility index (Phi) is 5.91. The Bertz CT molecular complexity index is 286. The summed E-state index contributed by atoms with van der Waals surface area (Å²) in [5.74, 6) is 0.118. The minimum Gasteiger partial charge on any atom is -0.340 e. The lowest BCUT2D eigenvalue weighted by molar-refractivity contribution is -0.132. The third kappa shape index (κ3) is 5.35. The van der Waals surface area contributed by atoms with Crippen LogP contribution in [0.1, 0.15) is 20.3 Å². The first-order chi connectivity index (χ1) is 8.49. The Morgan fingerprint density at radius 1 is 1.17 bits per heavy atom. The molecule has 1 heterocycles. The Hall–Kier alpha value is -1.30. The molecular formula is C12H24N4O2. The summed E-state index contributed by atoms with van der Waals surface area (Å²) in [4.78, 5) is 27.2. The number of nitrogens with zero attached hydrogens (tertiary/aromatic N) is 2. The summed E-state index contributed by atoms with van der Waals surface area (Å²) in [5, 5.41) is 5.41. The molecule has 1 fully saturated rings. The molecule has 0 aliphatic carbocycles. The molecule has 0 unspecified atom stereocenters. The largest absolute Gasteiger partial charge is 0.340 e. The highest BCUT2D eigenvalue weighted by atomic mass is 16.2. The van der Waals surface area contributed by atoms with Gasteiger partial charge in [-0.25, -0.2) is 4.79 Å². The van der Waals surface area contributed by atoms with Gasteiger partial charge in [-0.2, -0.15) is 0 Å². The lowest BCUT2D eigenvalue weighted by atomic mass is 10.3. The number of rotatable bonds is 4. The fraction of sp³-hybridized carbons (Fsp3) is 0.833. The highest BCUT2D eigenvalue weighted by Crippen LogP contribution is 2.01. The number of carbonyl (C=O) groups is 2. The molecular weight excluding hydrogens is 232 g/mol. The van der Waals surface area contributed by atoms with Gasteiger partial charge in [0.2, 0.25) is 5.91 Å². The summed E-state index contributed by atoms with van der Waals surface area (Å²) in [6.45, 7) is 7.61. The van der Waals surface area contributed by atoms with E-state index in [0.29, 0.717) is 13.0 Å². The van der Waals surface area contributed by atoms with Crippen LogP contribution in [0.5, 0.6) is 0 Å². The summed E-state index contributed by atoms with van der Waals surface area (Å²) in [6, 6.07) is -0.102. The van der Waals surface area contributed by atoms with E-state index in [9.17, 15) is 9.59 Å². The van der Waals surface area contributed by atoms with Crippen molar-refractivity contribution in [2.45, 2.75) is 26.3 Å². The lowest BCUT2D eigenvalue weighted by Crippen LogP contribution is -2.48. The van der Waals surface area contributed by atoms with E-state index in [2.05, 4.69) is 22.6 Å². The molecule has 0 saturated carbocycles. The smallest absolute Gasteiger partial charge is 0.315 e. The fourth-order valence-corrected chi connectivity index (χ4v) is 1.81. The van der Waals surface area contributed by atoms with E-state index in [1.807, 2.05) is 18.7 Å². The number of hydrogen-bond acceptors (Lipinski definition) is 3. The number of nitrogens with one attached hydrogen (secondary N) is 2. The van der Waals surface area contributed by atoms with Gasteiger partial charge in [0, 0.05) is 45.2 Å². The Morgan fingerprint density at radius 3 is 2.33 bits per heavy atom. The first-order valence-corrected chi connectivity index (χ1v) is 6.49. The van der Waals surface area contributed by atoms with Crippen molar-refractivity contribution in [1.82, 2.24) is 20.4 Å². The van der Waals surface area contributed by atoms with Crippen LogP contribution in [0.25, 0.3) is 0 Å². The van der Waals surface area contributed by atoms with Crippen LogP contribution in [0.4, 0.5) is 4.79 Å². The van der Waals surface area contributed by atoms with Crippen molar-refractivity contribution < 1.29 is 9.59 Å². The number of carbonyl (C=O) groups excluding carboxylic acids is 2. The molecule has 0 radical (unpaired) electrons.